The van der Waals surface area contributed by atoms with Crippen LogP contribution >= 0.6 is 0 Å². The maximum Gasteiger partial charge on any atom is 0.294 e. The van der Waals surface area contributed by atoms with Crippen molar-refractivity contribution in [2.75, 3.05) is 10.6 Å². The molecule has 7 aromatic rings. The summed E-state index contributed by atoms with van der Waals surface area (Å²) in [5, 5.41) is 26.6. The molecular weight excluding hydrogens is 701 g/mol. The Bertz CT molecular complexity index is 2740. The summed E-state index contributed by atoms with van der Waals surface area (Å²) in [6.07, 6.45) is 0. The van der Waals surface area contributed by atoms with Gasteiger partial charge in [-0.1, -0.05) is 66.7 Å². The van der Waals surface area contributed by atoms with Crippen molar-refractivity contribution in [2.45, 2.75) is 9.79 Å². The Balaban J connectivity index is 1.25. The number of fused-ring (bicyclic) bond motifs is 2. The molecule has 7 rings (SSSR count). The standard InChI is InChI=1S/C38H28N6O6S2/c45-51(46,47)29-16-17-31-25(21-29)22-30(52(48,49)50)24-37(31)44-42-35-20-19-34(32-13-7-8-14-33(32)35)41-43-36-18-15-28(39-26-9-3-1-4-10-26)23-38(36)40-27-11-5-2-6-12-27/h1-24,39-40H,(H,45,46,47)(H,48,49,50). The molecule has 14 heteroatoms. The first kappa shape index (κ1) is 34.1. The van der Waals surface area contributed by atoms with Gasteiger partial charge in [-0.05, 0) is 84.2 Å². The van der Waals surface area contributed by atoms with Crippen molar-refractivity contribution in [3.63, 3.8) is 0 Å². The number of hydrogen-bond acceptors (Lipinski definition) is 10. The predicted octanol–water partition coefficient (Wildman–Crippen LogP) is 10.8. The molecule has 0 unspecified atom stereocenters. The number of anilines is 4. The molecule has 0 bridgehead atoms. The van der Waals surface area contributed by atoms with E-state index in [1.54, 1.807) is 12.1 Å². The number of rotatable bonds is 10. The van der Waals surface area contributed by atoms with Crippen LogP contribution in [0.2, 0.25) is 0 Å². The van der Waals surface area contributed by atoms with Crippen molar-refractivity contribution in [2.24, 2.45) is 20.5 Å². The van der Waals surface area contributed by atoms with Gasteiger partial charge in [0.2, 0.25) is 0 Å². The molecule has 4 N–H and O–H groups in total. The molecule has 0 fully saturated rings. The molecule has 0 amide bonds. The minimum Gasteiger partial charge on any atom is -0.355 e. The van der Waals surface area contributed by atoms with Crippen LogP contribution in [0, 0.1) is 0 Å². The fraction of sp³-hybridized carbons (Fsp3) is 0. The van der Waals surface area contributed by atoms with Crippen LogP contribution in [0.4, 0.5) is 45.5 Å². The molecule has 0 radical (unpaired) electrons. The maximum atomic E-state index is 12.1. The van der Waals surface area contributed by atoms with Crippen LogP contribution < -0.4 is 10.6 Å². The van der Waals surface area contributed by atoms with Gasteiger partial charge in [0, 0.05) is 33.2 Å². The van der Waals surface area contributed by atoms with Crippen LogP contribution in [0.1, 0.15) is 0 Å². The van der Waals surface area contributed by atoms with E-state index in [0.29, 0.717) is 27.8 Å². The molecule has 0 aliphatic rings. The number of nitrogens with zero attached hydrogens (tertiary/aromatic N) is 4. The van der Waals surface area contributed by atoms with E-state index in [1.807, 2.05) is 103 Å². The largest absolute Gasteiger partial charge is 0.355 e. The van der Waals surface area contributed by atoms with Crippen LogP contribution in [0.25, 0.3) is 21.5 Å². The minimum atomic E-state index is -4.70. The highest BCUT2D eigenvalue weighted by molar-refractivity contribution is 7.86. The van der Waals surface area contributed by atoms with Crippen LogP contribution in [0.5, 0.6) is 0 Å². The lowest BCUT2D eigenvalue weighted by Gasteiger charge is -2.13. The average Bonchev–Trinajstić information content (AvgIpc) is 3.13. The minimum absolute atomic E-state index is 0.0449. The number of benzene rings is 7. The summed E-state index contributed by atoms with van der Waals surface area (Å²) in [6.45, 7) is 0. The summed E-state index contributed by atoms with van der Waals surface area (Å²) in [7, 11) is -9.28. The van der Waals surface area contributed by atoms with E-state index < -0.39 is 30.0 Å². The fourth-order valence-corrected chi connectivity index (χ4v) is 6.57. The molecule has 12 nitrogen and oxygen atoms in total. The zero-order chi connectivity index (χ0) is 36.3. The average molecular weight is 729 g/mol. The molecule has 0 saturated carbocycles. The first-order valence-corrected chi connectivity index (χ1v) is 18.6. The second-order valence-electron chi connectivity index (χ2n) is 11.5. The first-order valence-electron chi connectivity index (χ1n) is 15.7. The van der Waals surface area contributed by atoms with Gasteiger partial charge in [-0.15, -0.1) is 20.5 Å². The Kier molecular flexibility index (Phi) is 9.28. The molecule has 0 atom stereocenters. The zero-order valence-electron chi connectivity index (χ0n) is 27.0. The molecule has 52 heavy (non-hydrogen) atoms. The van der Waals surface area contributed by atoms with Crippen LogP contribution in [-0.2, 0) is 20.2 Å². The van der Waals surface area contributed by atoms with Gasteiger partial charge in [-0.25, -0.2) is 0 Å². The smallest absolute Gasteiger partial charge is 0.294 e. The van der Waals surface area contributed by atoms with Gasteiger partial charge < -0.3 is 10.6 Å². The Morgan fingerprint density at radius 2 is 0.904 bits per heavy atom. The highest BCUT2D eigenvalue weighted by Gasteiger charge is 2.17. The predicted molar refractivity (Wildman–Crippen MR) is 202 cm³/mol. The molecule has 0 spiro atoms. The fourth-order valence-electron chi connectivity index (χ4n) is 5.52. The third kappa shape index (κ3) is 7.70. The normalized spacial score (nSPS) is 12.2. The summed E-state index contributed by atoms with van der Waals surface area (Å²) in [5.41, 5.74) is 5.04. The number of nitrogens with one attached hydrogen (secondary N) is 2. The van der Waals surface area contributed by atoms with E-state index in [1.165, 1.54) is 6.07 Å². The van der Waals surface area contributed by atoms with E-state index in [4.69, 9.17) is 0 Å². The molecule has 0 aliphatic heterocycles. The molecule has 258 valence electrons. The van der Waals surface area contributed by atoms with Crippen molar-refractivity contribution in [1.82, 2.24) is 0 Å². The van der Waals surface area contributed by atoms with Gasteiger partial charge in [-0.2, -0.15) is 16.8 Å². The van der Waals surface area contributed by atoms with Gasteiger partial charge in [0.1, 0.15) is 5.69 Å². The summed E-state index contributed by atoms with van der Waals surface area (Å²) < 4.78 is 66.8. The van der Waals surface area contributed by atoms with E-state index >= 15 is 0 Å². The molecule has 0 aliphatic carbocycles. The second kappa shape index (κ2) is 14.1. The third-order valence-electron chi connectivity index (χ3n) is 7.99. The van der Waals surface area contributed by atoms with Crippen molar-refractivity contribution in [3.8, 4) is 0 Å². The van der Waals surface area contributed by atoms with Crippen molar-refractivity contribution in [3.05, 3.63) is 146 Å². The maximum absolute atomic E-state index is 12.1. The Hall–Kier alpha value is -6.32. The summed E-state index contributed by atoms with van der Waals surface area (Å²) in [5.74, 6) is 0. The lowest BCUT2D eigenvalue weighted by Crippen LogP contribution is -2.00. The van der Waals surface area contributed by atoms with E-state index in [0.717, 1.165) is 52.4 Å². The monoisotopic (exact) mass is 728 g/mol. The number of hydrogen-bond donors (Lipinski definition) is 4. The molecule has 7 aromatic carbocycles. The molecule has 0 heterocycles. The Labute approximate surface area is 298 Å². The van der Waals surface area contributed by atoms with E-state index in [2.05, 4.69) is 31.1 Å². The van der Waals surface area contributed by atoms with Gasteiger partial charge in [-0.3, -0.25) is 9.11 Å². The quantitative estimate of drug-likeness (QED) is 0.0792. The number of para-hydroxylation sites is 2. The molecule has 0 aromatic heterocycles. The lowest BCUT2D eigenvalue weighted by molar-refractivity contribution is 0.481. The van der Waals surface area contributed by atoms with Crippen molar-refractivity contribution in [1.29, 1.82) is 0 Å². The highest BCUT2D eigenvalue weighted by atomic mass is 32.2. The van der Waals surface area contributed by atoms with Crippen LogP contribution in [-0.4, -0.2) is 25.9 Å². The lowest BCUT2D eigenvalue weighted by atomic mass is 10.1. The third-order valence-corrected chi connectivity index (χ3v) is 9.67. The Morgan fingerprint density at radius 1 is 0.404 bits per heavy atom. The molecular formula is C38H28N6O6S2. The van der Waals surface area contributed by atoms with Gasteiger partial charge >= 0.3 is 0 Å². The zero-order valence-corrected chi connectivity index (χ0v) is 28.6. The Morgan fingerprint density at radius 3 is 1.50 bits per heavy atom. The van der Waals surface area contributed by atoms with E-state index in [9.17, 15) is 25.9 Å². The summed E-state index contributed by atoms with van der Waals surface area (Å²) in [6, 6.07) is 41.9. The van der Waals surface area contributed by atoms with E-state index in [-0.39, 0.29) is 11.1 Å². The van der Waals surface area contributed by atoms with Crippen LogP contribution in [0.3, 0.4) is 0 Å². The second-order valence-corrected chi connectivity index (χ2v) is 14.4. The van der Waals surface area contributed by atoms with Gasteiger partial charge in [0.15, 0.2) is 0 Å². The topological polar surface area (TPSA) is 182 Å². The molecule has 0 saturated heterocycles. The SMILES string of the molecule is O=S(=O)(O)c1ccc2c(N=Nc3ccc(N=Nc4ccc(Nc5ccccc5)cc4Nc4ccccc4)c4ccccc34)cc(S(=O)(=O)O)cc2c1. The van der Waals surface area contributed by atoms with Crippen molar-refractivity contribution < 1.29 is 25.9 Å². The van der Waals surface area contributed by atoms with Crippen molar-refractivity contribution >= 4 is 87.3 Å². The van der Waals surface area contributed by atoms with Gasteiger partial charge in [0.05, 0.1) is 32.5 Å². The summed E-state index contributed by atoms with van der Waals surface area (Å²) >= 11 is 0. The van der Waals surface area contributed by atoms with Gasteiger partial charge in [0.25, 0.3) is 20.2 Å². The number of azo groups is 2. The van der Waals surface area contributed by atoms with Crippen LogP contribution in [0.15, 0.2) is 176 Å². The first-order chi connectivity index (χ1) is 25.0. The highest BCUT2D eigenvalue weighted by Crippen LogP contribution is 2.39. The summed E-state index contributed by atoms with van der Waals surface area (Å²) in [4.78, 5) is -0.971.